The number of piperidine rings is 1. The van der Waals surface area contributed by atoms with Gasteiger partial charge in [-0.25, -0.2) is 0 Å². The highest BCUT2D eigenvalue weighted by atomic mass is 15.1. The van der Waals surface area contributed by atoms with Crippen LogP contribution in [0, 0.1) is 5.41 Å². The number of nitrogens with one attached hydrogen (secondary N) is 1. The van der Waals surface area contributed by atoms with Gasteiger partial charge in [0, 0.05) is 26.2 Å². The second-order valence-corrected chi connectivity index (χ2v) is 7.08. The van der Waals surface area contributed by atoms with Crippen molar-refractivity contribution in [1.29, 1.82) is 0 Å². The molecule has 21 heavy (non-hydrogen) atoms. The Morgan fingerprint density at radius 1 is 1.14 bits per heavy atom. The van der Waals surface area contributed by atoms with Crippen molar-refractivity contribution in [2.24, 2.45) is 5.41 Å². The molecule has 1 fully saturated rings. The molecule has 2 nitrogen and oxygen atoms in total. The molecule has 0 radical (unpaired) electrons. The summed E-state index contributed by atoms with van der Waals surface area (Å²) in [5, 5.41) is 3.66. The van der Waals surface area contributed by atoms with Gasteiger partial charge in [0.05, 0.1) is 0 Å². The molecule has 0 amide bonds. The smallest absolute Gasteiger partial charge is 0.00504 e. The largest absolute Gasteiger partial charge is 0.316 e. The molecule has 2 heteroatoms. The van der Waals surface area contributed by atoms with Gasteiger partial charge in [-0.05, 0) is 55.2 Å². The number of rotatable bonds is 4. The van der Waals surface area contributed by atoms with Gasteiger partial charge < -0.3 is 10.2 Å². The van der Waals surface area contributed by atoms with Crippen LogP contribution in [0.5, 0.6) is 0 Å². The third kappa shape index (κ3) is 3.67. The van der Waals surface area contributed by atoms with Crippen molar-refractivity contribution >= 4 is 0 Å². The summed E-state index contributed by atoms with van der Waals surface area (Å²) < 4.78 is 0. The normalized spacial score (nSPS) is 27.1. The fourth-order valence-corrected chi connectivity index (χ4v) is 4.33. The Balaban J connectivity index is 1.65. The predicted octanol–water partition coefficient (Wildman–Crippen LogP) is 3.26. The summed E-state index contributed by atoms with van der Waals surface area (Å²) in [5.74, 6) is 0. The molecule has 2 heterocycles. The number of nitrogens with zero attached hydrogens (tertiary/aromatic N) is 1. The van der Waals surface area contributed by atoms with Crippen molar-refractivity contribution in [3.63, 3.8) is 0 Å². The van der Waals surface area contributed by atoms with Gasteiger partial charge in [0.15, 0.2) is 0 Å². The van der Waals surface area contributed by atoms with E-state index >= 15 is 0 Å². The maximum atomic E-state index is 3.66. The molecule has 0 aliphatic carbocycles. The van der Waals surface area contributed by atoms with Crippen molar-refractivity contribution in [1.82, 2.24) is 10.2 Å². The molecule has 0 aromatic heterocycles. The second kappa shape index (κ2) is 6.93. The van der Waals surface area contributed by atoms with Gasteiger partial charge in [-0.3, -0.25) is 0 Å². The zero-order chi connectivity index (χ0) is 14.5. The van der Waals surface area contributed by atoms with Crippen LogP contribution in [-0.4, -0.2) is 37.6 Å². The van der Waals surface area contributed by atoms with E-state index in [4.69, 9.17) is 0 Å². The molecule has 1 atom stereocenters. The molecule has 1 aromatic carbocycles. The number of benzene rings is 1. The Bertz CT molecular complexity index is 416. The number of fused-ring (bicyclic) bond motifs is 1. The van der Waals surface area contributed by atoms with Crippen LogP contribution in [0.4, 0.5) is 0 Å². The first-order chi connectivity index (χ1) is 10.3. The summed E-state index contributed by atoms with van der Waals surface area (Å²) in [6.45, 7) is 8.56. The minimum absolute atomic E-state index is 0.531. The summed E-state index contributed by atoms with van der Waals surface area (Å²) in [4.78, 5) is 2.74. The Labute approximate surface area is 129 Å². The fraction of sp³-hybridized carbons (Fsp3) is 0.684. The summed E-state index contributed by atoms with van der Waals surface area (Å²) >= 11 is 0. The molecule has 0 saturated carbocycles. The zero-order valence-corrected chi connectivity index (χ0v) is 13.5. The Kier molecular flexibility index (Phi) is 4.97. The highest BCUT2D eigenvalue weighted by molar-refractivity contribution is 5.28. The number of hydrogen-bond donors (Lipinski definition) is 1. The molecule has 1 aromatic rings. The van der Waals surface area contributed by atoms with Crippen molar-refractivity contribution in [3.8, 4) is 0 Å². The van der Waals surface area contributed by atoms with Crippen molar-refractivity contribution in [3.05, 3.63) is 35.4 Å². The standard InChI is InChI=1S/C19H30N2/c1-2-10-19(11-5-12-20-15-19)16-21-13-8-17-6-3-4-7-18(17)9-14-21/h3-4,6-7,20H,2,5,8-16H2,1H3. The quantitative estimate of drug-likeness (QED) is 0.914. The average molecular weight is 286 g/mol. The Morgan fingerprint density at radius 3 is 2.43 bits per heavy atom. The lowest BCUT2D eigenvalue weighted by molar-refractivity contribution is 0.109. The lowest BCUT2D eigenvalue weighted by Crippen LogP contribution is -2.48. The van der Waals surface area contributed by atoms with Gasteiger partial charge in [0.1, 0.15) is 0 Å². The zero-order valence-electron chi connectivity index (χ0n) is 13.5. The van der Waals surface area contributed by atoms with Crippen LogP contribution < -0.4 is 5.32 Å². The molecule has 2 aliphatic heterocycles. The number of hydrogen-bond acceptors (Lipinski definition) is 2. The average Bonchev–Trinajstić information content (AvgIpc) is 2.71. The molecule has 2 aliphatic rings. The predicted molar refractivity (Wildman–Crippen MR) is 89.7 cm³/mol. The molecular weight excluding hydrogens is 256 g/mol. The van der Waals surface area contributed by atoms with Crippen molar-refractivity contribution in [2.75, 3.05) is 32.7 Å². The summed E-state index contributed by atoms with van der Waals surface area (Å²) in [7, 11) is 0. The molecule has 1 saturated heterocycles. The monoisotopic (exact) mass is 286 g/mol. The van der Waals surface area contributed by atoms with E-state index in [0.29, 0.717) is 5.41 Å². The SMILES string of the molecule is CCCC1(CN2CCc3ccccc3CC2)CCCNC1. The van der Waals surface area contributed by atoms with Gasteiger partial charge in [-0.15, -0.1) is 0 Å². The first-order valence-electron chi connectivity index (χ1n) is 8.81. The van der Waals surface area contributed by atoms with Crippen LogP contribution in [0.15, 0.2) is 24.3 Å². The van der Waals surface area contributed by atoms with Crippen LogP contribution in [0.1, 0.15) is 43.7 Å². The van der Waals surface area contributed by atoms with Crippen LogP contribution in [-0.2, 0) is 12.8 Å². The first-order valence-corrected chi connectivity index (χ1v) is 8.81. The van der Waals surface area contributed by atoms with E-state index in [2.05, 4.69) is 41.4 Å². The highest BCUT2D eigenvalue weighted by Gasteiger charge is 2.33. The molecule has 0 bridgehead atoms. The third-order valence-electron chi connectivity index (χ3n) is 5.41. The van der Waals surface area contributed by atoms with Crippen molar-refractivity contribution < 1.29 is 0 Å². The molecule has 0 spiro atoms. The van der Waals surface area contributed by atoms with Crippen LogP contribution in [0.25, 0.3) is 0 Å². The fourth-order valence-electron chi connectivity index (χ4n) is 4.33. The van der Waals surface area contributed by atoms with Gasteiger partial charge in [-0.2, -0.15) is 0 Å². The first kappa shape index (κ1) is 15.1. The van der Waals surface area contributed by atoms with E-state index in [1.807, 2.05) is 0 Å². The minimum Gasteiger partial charge on any atom is -0.316 e. The second-order valence-electron chi connectivity index (χ2n) is 7.08. The highest BCUT2D eigenvalue weighted by Crippen LogP contribution is 2.33. The van der Waals surface area contributed by atoms with Crippen molar-refractivity contribution in [2.45, 2.75) is 45.4 Å². The van der Waals surface area contributed by atoms with E-state index in [-0.39, 0.29) is 0 Å². The topological polar surface area (TPSA) is 15.3 Å². The van der Waals surface area contributed by atoms with Crippen LogP contribution in [0.3, 0.4) is 0 Å². The van der Waals surface area contributed by atoms with Crippen LogP contribution in [0.2, 0.25) is 0 Å². The van der Waals surface area contributed by atoms with E-state index in [1.165, 1.54) is 71.2 Å². The minimum atomic E-state index is 0.531. The maximum Gasteiger partial charge on any atom is 0.00504 e. The lowest BCUT2D eigenvalue weighted by atomic mass is 9.76. The van der Waals surface area contributed by atoms with E-state index in [1.54, 1.807) is 11.1 Å². The third-order valence-corrected chi connectivity index (χ3v) is 5.41. The summed E-state index contributed by atoms with van der Waals surface area (Å²) in [5.41, 5.74) is 3.68. The molecule has 3 rings (SSSR count). The lowest BCUT2D eigenvalue weighted by Gasteiger charge is -2.41. The molecule has 1 N–H and O–H groups in total. The van der Waals surface area contributed by atoms with Gasteiger partial charge in [-0.1, -0.05) is 37.6 Å². The van der Waals surface area contributed by atoms with Crippen LogP contribution >= 0.6 is 0 Å². The van der Waals surface area contributed by atoms with Gasteiger partial charge >= 0.3 is 0 Å². The maximum absolute atomic E-state index is 3.66. The van der Waals surface area contributed by atoms with Gasteiger partial charge in [0.2, 0.25) is 0 Å². The Hall–Kier alpha value is -0.860. The van der Waals surface area contributed by atoms with E-state index in [9.17, 15) is 0 Å². The Morgan fingerprint density at radius 2 is 1.86 bits per heavy atom. The van der Waals surface area contributed by atoms with Gasteiger partial charge in [0.25, 0.3) is 0 Å². The molecular formula is C19H30N2. The summed E-state index contributed by atoms with van der Waals surface area (Å²) in [6.07, 6.45) is 7.92. The molecule has 116 valence electrons. The molecule has 1 unspecified atom stereocenters. The van der Waals surface area contributed by atoms with E-state index in [0.717, 1.165) is 0 Å². The summed E-state index contributed by atoms with van der Waals surface area (Å²) in [6, 6.07) is 9.03. The van der Waals surface area contributed by atoms with E-state index < -0.39 is 0 Å².